The molecule has 5 nitrogen and oxygen atoms in total. The van der Waals surface area contributed by atoms with Gasteiger partial charge in [0, 0.05) is 24.6 Å². The van der Waals surface area contributed by atoms with Gasteiger partial charge in [0.2, 0.25) is 0 Å². The minimum absolute atomic E-state index is 0.292. The molecular weight excluding hydrogens is 266 g/mol. The van der Waals surface area contributed by atoms with Crippen LogP contribution in [0.4, 0.5) is 0 Å². The van der Waals surface area contributed by atoms with Crippen LogP contribution in [-0.4, -0.2) is 17.5 Å². The summed E-state index contributed by atoms with van der Waals surface area (Å²) in [6.45, 7) is 1.24. The lowest BCUT2D eigenvalue weighted by atomic mass is 10.1. The maximum atomic E-state index is 11.3. The topological polar surface area (TPSA) is 77.2 Å². The number of amides is 1. The third-order valence-electron chi connectivity index (χ3n) is 3.12. The van der Waals surface area contributed by atoms with Crippen molar-refractivity contribution in [2.24, 2.45) is 5.84 Å². The molecule has 0 spiro atoms. The van der Waals surface area contributed by atoms with Gasteiger partial charge in [0.25, 0.3) is 5.91 Å². The first-order chi connectivity index (χ1) is 10.3. The molecule has 110 valence electrons. The molecule has 0 aliphatic carbocycles. The van der Waals surface area contributed by atoms with Crippen molar-refractivity contribution in [1.82, 2.24) is 10.4 Å². The molecule has 5 heteroatoms. The van der Waals surface area contributed by atoms with E-state index in [1.165, 1.54) is 5.56 Å². The number of hydrazine groups is 1. The lowest BCUT2D eigenvalue weighted by Gasteiger charge is -2.06. The van der Waals surface area contributed by atoms with Gasteiger partial charge in [-0.3, -0.25) is 15.2 Å². The second kappa shape index (κ2) is 8.14. The van der Waals surface area contributed by atoms with E-state index in [1.807, 2.05) is 24.3 Å². The van der Waals surface area contributed by atoms with Crippen molar-refractivity contribution in [3.05, 3.63) is 65.5 Å². The molecule has 0 unspecified atom stereocenters. The van der Waals surface area contributed by atoms with E-state index in [0.717, 1.165) is 18.4 Å². The Labute approximate surface area is 124 Å². The molecule has 1 aromatic carbocycles. The summed E-state index contributed by atoms with van der Waals surface area (Å²) in [7, 11) is 0. The van der Waals surface area contributed by atoms with Gasteiger partial charge in [0.05, 0.1) is 6.61 Å². The first kappa shape index (κ1) is 15.2. The van der Waals surface area contributed by atoms with E-state index in [4.69, 9.17) is 10.6 Å². The maximum Gasteiger partial charge on any atom is 0.265 e. The monoisotopic (exact) mass is 285 g/mol. The highest BCUT2D eigenvalue weighted by molar-refractivity contribution is 5.93. The molecule has 0 bridgehead atoms. The van der Waals surface area contributed by atoms with Crippen LogP contribution in [0.3, 0.4) is 0 Å². The summed E-state index contributed by atoms with van der Waals surface area (Å²) >= 11 is 0. The van der Waals surface area contributed by atoms with Crippen LogP contribution in [0, 0.1) is 0 Å². The molecule has 0 saturated heterocycles. The Balaban J connectivity index is 1.68. The molecule has 0 fully saturated rings. The third-order valence-corrected chi connectivity index (χ3v) is 3.12. The van der Waals surface area contributed by atoms with Crippen molar-refractivity contribution in [1.29, 1.82) is 0 Å². The molecule has 3 N–H and O–H groups in total. The number of carbonyl (C=O) groups excluding carboxylic acids is 1. The van der Waals surface area contributed by atoms with Crippen LogP contribution in [0.1, 0.15) is 27.9 Å². The average Bonchev–Trinajstić information content (AvgIpc) is 2.55. The number of rotatable bonds is 7. The Kier molecular flexibility index (Phi) is 5.87. The van der Waals surface area contributed by atoms with Crippen molar-refractivity contribution >= 4 is 5.91 Å². The molecule has 0 saturated carbocycles. The third kappa shape index (κ3) is 4.98. The quantitative estimate of drug-likeness (QED) is 0.352. The molecule has 0 aliphatic rings. The number of aromatic nitrogens is 1. The lowest BCUT2D eigenvalue weighted by Crippen LogP contribution is -2.29. The molecule has 0 aliphatic heterocycles. The van der Waals surface area contributed by atoms with Gasteiger partial charge in [-0.2, -0.15) is 0 Å². The van der Waals surface area contributed by atoms with Gasteiger partial charge in [-0.25, -0.2) is 5.84 Å². The predicted molar refractivity (Wildman–Crippen MR) is 80.3 cm³/mol. The minimum Gasteiger partial charge on any atom is -0.377 e. The Morgan fingerprint density at radius 1 is 1.10 bits per heavy atom. The number of ether oxygens (including phenoxy) is 1. The van der Waals surface area contributed by atoms with E-state index < -0.39 is 0 Å². The van der Waals surface area contributed by atoms with Crippen LogP contribution in [0.15, 0.2) is 48.8 Å². The molecule has 1 amide bonds. The van der Waals surface area contributed by atoms with Gasteiger partial charge in [-0.05, 0) is 48.2 Å². The van der Waals surface area contributed by atoms with Gasteiger partial charge in [0.15, 0.2) is 0 Å². The summed E-state index contributed by atoms with van der Waals surface area (Å²) in [5.41, 5.74) is 4.95. The first-order valence-electron chi connectivity index (χ1n) is 6.86. The second-order valence-electron chi connectivity index (χ2n) is 4.68. The first-order valence-corrected chi connectivity index (χ1v) is 6.86. The van der Waals surface area contributed by atoms with E-state index in [9.17, 15) is 4.79 Å². The summed E-state index contributed by atoms with van der Waals surface area (Å²) in [6, 6.07) is 11.2. The molecule has 1 aromatic heterocycles. The fourth-order valence-corrected chi connectivity index (χ4v) is 1.95. The Hall–Kier alpha value is -2.24. The van der Waals surface area contributed by atoms with Crippen LogP contribution in [0.5, 0.6) is 0 Å². The van der Waals surface area contributed by atoms with Crippen LogP contribution < -0.4 is 11.3 Å². The van der Waals surface area contributed by atoms with Crippen molar-refractivity contribution in [3.63, 3.8) is 0 Å². The maximum absolute atomic E-state index is 11.3. The summed E-state index contributed by atoms with van der Waals surface area (Å²) in [4.78, 5) is 15.3. The SMILES string of the molecule is NNC(=O)c1ccc(COCCCc2ccncc2)cc1. The molecule has 2 aromatic rings. The Morgan fingerprint density at radius 2 is 1.81 bits per heavy atom. The normalized spacial score (nSPS) is 10.3. The van der Waals surface area contributed by atoms with E-state index in [0.29, 0.717) is 18.8 Å². The number of benzene rings is 1. The van der Waals surface area contributed by atoms with Crippen LogP contribution in [-0.2, 0) is 17.8 Å². The van der Waals surface area contributed by atoms with Gasteiger partial charge >= 0.3 is 0 Å². The molecule has 1 heterocycles. The Morgan fingerprint density at radius 3 is 2.48 bits per heavy atom. The predicted octanol–water partition coefficient (Wildman–Crippen LogP) is 1.83. The van der Waals surface area contributed by atoms with E-state index in [1.54, 1.807) is 24.5 Å². The molecule has 21 heavy (non-hydrogen) atoms. The van der Waals surface area contributed by atoms with E-state index >= 15 is 0 Å². The largest absolute Gasteiger partial charge is 0.377 e. The second-order valence-corrected chi connectivity index (χ2v) is 4.68. The van der Waals surface area contributed by atoms with Gasteiger partial charge in [0.1, 0.15) is 0 Å². The summed E-state index contributed by atoms with van der Waals surface area (Å²) in [5.74, 6) is 4.78. The van der Waals surface area contributed by atoms with Crippen molar-refractivity contribution < 1.29 is 9.53 Å². The molecule has 0 atom stereocenters. The zero-order chi connectivity index (χ0) is 14.9. The van der Waals surface area contributed by atoms with Crippen LogP contribution in [0.2, 0.25) is 0 Å². The summed E-state index contributed by atoms with van der Waals surface area (Å²) in [6.07, 6.45) is 5.56. The zero-order valence-corrected chi connectivity index (χ0v) is 11.8. The highest BCUT2D eigenvalue weighted by Crippen LogP contribution is 2.07. The van der Waals surface area contributed by atoms with E-state index in [2.05, 4.69) is 10.4 Å². The number of nitrogens with one attached hydrogen (secondary N) is 1. The number of nitrogen functional groups attached to an aromatic ring is 1. The number of nitrogens with two attached hydrogens (primary N) is 1. The summed E-state index contributed by atoms with van der Waals surface area (Å²) in [5, 5.41) is 0. The number of nitrogens with zero attached hydrogens (tertiary/aromatic N) is 1. The van der Waals surface area contributed by atoms with Crippen LogP contribution in [0.25, 0.3) is 0 Å². The standard InChI is InChI=1S/C16H19N3O2/c17-19-16(20)15-5-3-14(4-6-15)12-21-11-1-2-13-7-9-18-10-8-13/h3-10H,1-2,11-12,17H2,(H,19,20). The van der Waals surface area contributed by atoms with Gasteiger partial charge in [-0.15, -0.1) is 0 Å². The highest BCUT2D eigenvalue weighted by atomic mass is 16.5. The minimum atomic E-state index is -0.292. The van der Waals surface area contributed by atoms with Crippen LogP contribution >= 0.6 is 0 Å². The van der Waals surface area contributed by atoms with Crippen molar-refractivity contribution in [2.45, 2.75) is 19.4 Å². The number of carbonyl (C=O) groups is 1. The van der Waals surface area contributed by atoms with Crippen molar-refractivity contribution in [2.75, 3.05) is 6.61 Å². The smallest absolute Gasteiger partial charge is 0.265 e. The fraction of sp³-hybridized carbons (Fsp3) is 0.250. The number of hydrogen-bond acceptors (Lipinski definition) is 4. The van der Waals surface area contributed by atoms with Crippen molar-refractivity contribution in [3.8, 4) is 0 Å². The number of hydrogen-bond donors (Lipinski definition) is 2. The number of pyridine rings is 1. The fourth-order valence-electron chi connectivity index (χ4n) is 1.95. The average molecular weight is 285 g/mol. The van der Waals surface area contributed by atoms with Gasteiger partial charge < -0.3 is 4.74 Å². The molecular formula is C16H19N3O2. The molecule has 0 radical (unpaired) electrons. The number of aryl methyl sites for hydroxylation is 1. The lowest BCUT2D eigenvalue weighted by molar-refractivity contribution is 0.0953. The highest BCUT2D eigenvalue weighted by Gasteiger charge is 2.02. The zero-order valence-electron chi connectivity index (χ0n) is 11.8. The van der Waals surface area contributed by atoms with Gasteiger partial charge in [-0.1, -0.05) is 12.1 Å². The Bertz CT molecular complexity index is 555. The molecule has 2 rings (SSSR count). The van der Waals surface area contributed by atoms with E-state index in [-0.39, 0.29) is 5.91 Å². The summed E-state index contributed by atoms with van der Waals surface area (Å²) < 4.78 is 5.63.